The highest BCUT2D eigenvalue weighted by molar-refractivity contribution is 8.00. The van der Waals surface area contributed by atoms with Crippen molar-refractivity contribution < 1.29 is 24.2 Å². The summed E-state index contributed by atoms with van der Waals surface area (Å²) in [6.45, 7) is -0.419. The molecule has 0 aliphatic heterocycles. The summed E-state index contributed by atoms with van der Waals surface area (Å²) in [4.78, 5) is 35.5. The minimum Gasteiger partial charge on any atom is -0.497 e. The molecule has 6 nitrogen and oxygen atoms in total. The van der Waals surface area contributed by atoms with Crippen LogP contribution in [0.4, 0.5) is 0 Å². The molecule has 0 unspecified atom stereocenters. The fourth-order valence-corrected chi connectivity index (χ4v) is 3.63. The first-order valence-corrected chi connectivity index (χ1v) is 9.93. The number of ketones is 1. The molecule has 1 atom stereocenters. The van der Waals surface area contributed by atoms with Gasteiger partial charge in [-0.15, -0.1) is 0 Å². The molecule has 0 aliphatic carbocycles. The summed E-state index contributed by atoms with van der Waals surface area (Å²) < 4.78 is 5.13. The molecule has 148 valence electrons. The Kier molecular flexibility index (Phi) is 8.55. The van der Waals surface area contributed by atoms with E-state index >= 15 is 0 Å². The fraction of sp³-hybridized carbons (Fsp3) is 0.286. The van der Waals surface area contributed by atoms with Crippen LogP contribution in [0.2, 0.25) is 0 Å². The van der Waals surface area contributed by atoms with Gasteiger partial charge in [-0.05, 0) is 24.1 Å². The molecule has 7 heteroatoms. The zero-order valence-electron chi connectivity index (χ0n) is 15.6. The third-order valence-corrected chi connectivity index (χ3v) is 5.16. The SMILES string of the molecule is COc1cccc(C(=O)CSC[C@H](Cc2ccccc2)C(=O)NCC(=O)O)c1. The lowest BCUT2D eigenvalue weighted by molar-refractivity contribution is -0.138. The standard InChI is InChI=1S/C21H23NO5S/c1-27-18-9-5-8-16(11-18)19(23)14-28-13-17(21(26)22-12-20(24)25)10-15-6-3-2-4-7-15/h2-9,11,17H,10,12-14H2,1H3,(H,22,26)(H,24,25)/t17-/m0/s1. The molecule has 0 spiro atoms. The zero-order valence-corrected chi connectivity index (χ0v) is 16.4. The quantitative estimate of drug-likeness (QED) is 0.563. The Bertz CT molecular complexity index is 809. The van der Waals surface area contributed by atoms with Crippen LogP contribution >= 0.6 is 11.8 Å². The molecule has 2 N–H and O–H groups in total. The number of carboxylic acids is 1. The van der Waals surface area contributed by atoms with Crippen molar-refractivity contribution in [3.63, 3.8) is 0 Å². The number of ether oxygens (including phenoxy) is 1. The Morgan fingerprint density at radius 2 is 1.86 bits per heavy atom. The lowest BCUT2D eigenvalue weighted by Crippen LogP contribution is -2.36. The lowest BCUT2D eigenvalue weighted by Gasteiger charge is -2.16. The number of carboxylic acid groups (broad SMARTS) is 1. The van der Waals surface area contributed by atoms with Gasteiger partial charge in [0.1, 0.15) is 12.3 Å². The Labute approximate surface area is 168 Å². The van der Waals surface area contributed by atoms with E-state index in [2.05, 4.69) is 5.32 Å². The molecule has 0 aliphatic rings. The van der Waals surface area contributed by atoms with Crippen LogP contribution in [-0.4, -0.2) is 47.9 Å². The molecule has 0 fully saturated rings. The number of rotatable bonds is 11. The highest BCUT2D eigenvalue weighted by atomic mass is 32.2. The minimum absolute atomic E-state index is 0.0479. The van der Waals surface area contributed by atoms with Crippen molar-refractivity contribution in [2.75, 3.05) is 25.2 Å². The largest absolute Gasteiger partial charge is 0.497 e. The number of benzene rings is 2. The number of amides is 1. The van der Waals surface area contributed by atoms with Gasteiger partial charge >= 0.3 is 5.97 Å². The zero-order chi connectivity index (χ0) is 20.4. The van der Waals surface area contributed by atoms with Crippen LogP contribution in [0.3, 0.4) is 0 Å². The first-order chi connectivity index (χ1) is 13.5. The molecule has 2 aromatic rings. The Balaban J connectivity index is 1.95. The number of methoxy groups -OCH3 is 1. The number of carbonyl (C=O) groups excluding carboxylic acids is 2. The van der Waals surface area contributed by atoms with Gasteiger partial charge in [0.05, 0.1) is 18.8 Å². The van der Waals surface area contributed by atoms with Crippen molar-refractivity contribution in [3.05, 3.63) is 65.7 Å². The van der Waals surface area contributed by atoms with Crippen molar-refractivity contribution >= 4 is 29.4 Å². The number of thioether (sulfide) groups is 1. The summed E-state index contributed by atoms with van der Waals surface area (Å²) in [5, 5.41) is 11.2. The molecule has 2 aromatic carbocycles. The molecule has 0 aromatic heterocycles. The van der Waals surface area contributed by atoms with Gasteiger partial charge in [-0.3, -0.25) is 14.4 Å². The van der Waals surface area contributed by atoms with E-state index in [-0.39, 0.29) is 17.4 Å². The number of carbonyl (C=O) groups is 3. The maximum Gasteiger partial charge on any atom is 0.322 e. The van der Waals surface area contributed by atoms with Gasteiger partial charge in [-0.1, -0.05) is 42.5 Å². The Morgan fingerprint density at radius 1 is 1.11 bits per heavy atom. The van der Waals surface area contributed by atoms with Gasteiger partial charge < -0.3 is 15.2 Å². The van der Waals surface area contributed by atoms with E-state index in [4.69, 9.17) is 9.84 Å². The van der Waals surface area contributed by atoms with Crippen LogP contribution in [0.5, 0.6) is 5.75 Å². The van der Waals surface area contributed by atoms with Gasteiger partial charge in [0, 0.05) is 11.3 Å². The summed E-state index contributed by atoms with van der Waals surface area (Å²) >= 11 is 1.36. The summed E-state index contributed by atoms with van der Waals surface area (Å²) in [5.41, 5.74) is 1.54. The number of Topliss-reactive ketones (excluding diaryl/α,β-unsaturated/α-hetero) is 1. The maximum atomic E-state index is 12.4. The van der Waals surface area contributed by atoms with E-state index in [1.54, 1.807) is 31.4 Å². The first-order valence-electron chi connectivity index (χ1n) is 8.78. The summed E-state index contributed by atoms with van der Waals surface area (Å²) in [6, 6.07) is 16.5. The molecule has 28 heavy (non-hydrogen) atoms. The molecule has 2 rings (SSSR count). The van der Waals surface area contributed by atoms with Crippen LogP contribution in [0.25, 0.3) is 0 Å². The predicted molar refractivity (Wildman–Crippen MR) is 109 cm³/mol. The molecular weight excluding hydrogens is 378 g/mol. The van der Waals surface area contributed by atoms with Crippen molar-refractivity contribution in [1.29, 1.82) is 0 Å². The summed E-state index contributed by atoms with van der Waals surface area (Å²) in [7, 11) is 1.54. The normalized spacial score (nSPS) is 11.5. The van der Waals surface area contributed by atoms with Crippen molar-refractivity contribution in [2.45, 2.75) is 6.42 Å². The van der Waals surface area contributed by atoms with Crippen LogP contribution in [0.1, 0.15) is 15.9 Å². The number of nitrogens with one attached hydrogen (secondary N) is 1. The Morgan fingerprint density at radius 3 is 2.54 bits per heavy atom. The average molecular weight is 401 g/mol. The Hall–Kier alpha value is -2.80. The smallest absolute Gasteiger partial charge is 0.322 e. The molecule has 0 heterocycles. The van der Waals surface area contributed by atoms with Crippen molar-refractivity contribution in [2.24, 2.45) is 5.92 Å². The fourth-order valence-electron chi connectivity index (χ4n) is 2.61. The number of hydrogen-bond donors (Lipinski definition) is 2. The van der Waals surface area contributed by atoms with Gasteiger partial charge in [-0.2, -0.15) is 11.8 Å². The second kappa shape index (κ2) is 11.1. The lowest BCUT2D eigenvalue weighted by atomic mass is 10.0. The average Bonchev–Trinajstić information content (AvgIpc) is 2.71. The molecule has 0 radical (unpaired) electrons. The molecule has 0 saturated heterocycles. The highest BCUT2D eigenvalue weighted by Crippen LogP contribution is 2.18. The van der Waals surface area contributed by atoms with Crippen LogP contribution in [-0.2, 0) is 16.0 Å². The van der Waals surface area contributed by atoms with Crippen molar-refractivity contribution in [1.82, 2.24) is 5.32 Å². The molecule has 0 saturated carbocycles. The van der Waals surface area contributed by atoms with E-state index < -0.39 is 18.4 Å². The molecule has 1 amide bonds. The van der Waals surface area contributed by atoms with E-state index in [0.717, 1.165) is 5.56 Å². The van der Waals surface area contributed by atoms with Crippen LogP contribution < -0.4 is 10.1 Å². The van der Waals surface area contributed by atoms with Crippen LogP contribution in [0.15, 0.2) is 54.6 Å². The topological polar surface area (TPSA) is 92.7 Å². The summed E-state index contributed by atoms with van der Waals surface area (Å²) in [6.07, 6.45) is 0.479. The third-order valence-electron chi connectivity index (χ3n) is 4.05. The van der Waals surface area contributed by atoms with Crippen molar-refractivity contribution in [3.8, 4) is 5.75 Å². The van der Waals surface area contributed by atoms with E-state index in [9.17, 15) is 14.4 Å². The van der Waals surface area contributed by atoms with Gasteiger partial charge in [-0.25, -0.2) is 0 Å². The second-order valence-corrected chi connectivity index (χ2v) is 7.20. The van der Waals surface area contributed by atoms with Gasteiger partial charge in [0.2, 0.25) is 5.91 Å². The predicted octanol–water partition coefficient (Wildman–Crippen LogP) is 2.67. The number of aliphatic carboxylic acids is 1. The van der Waals surface area contributed by atoms with E-state index in [1.165, 1.54) is 11.8 Å². The van der Waals surface area contributed by atoms with Gasteiger partial charge in [0.25, 0.3) is 0 Å². The van der Waals surface area contributed by atoms with Gasteiger partial charge in [0.15, 0.2) is 5.78 Å². The van der Waals surface area contributed by atoms with E-state index in [0.29, 0.717) is 23.5 Å². The monoisotopic (exact) mass is 401 g/mol. The second-order valence-electron chi connectivity index (χ2n) is 6.17. The molecular formula is C21H23NO5S. The highest BCUT2D eigenvalue weighted by Gasteiger charge is 2.20. The maximum absolute atomic E-state index is 12.4. The summed E-state index contributed by atoms with van der Waals surface area (Å²) in [5.74, 6) is -0.634. The molecule has 0 bridgehead atoms. The number of hydrogen-bond acceptors (Lipinski definition) is 5. The minimum atomic E-state index is -1.09. The van der Waals surface area contributed by atoms with E-state index in [1.807, 2.05) is 30.3 Å². The first kappa shape index (κ1) is 21.5. The third kappa shape index (κ3) is 7.08. The van der Waals surface area contributed by atoms with Crippen LogP contribution in [0, 0.1) is 5.92 Å².